The molecule has 5 rings (SSSR count). The molecule has 1 aliphatic heterocycles. The van der Waals surface area contributed by atoms with E-state index in [-0.39, 0.29) is 5.76 Å². The summed E-state index contributed by atoms with van der Waals surface area (Å²) in [5, 5.41) is 11.3. The number of benzene rings is 2. The first-order chi connectivity index (χ1) is 16.6. The van der Waals surface area contributed by atoms with Crippen LogP contribution in [0.25, 0.3) is 21.9 Å². The lowest BCUT2D eigenvalue weighted by molar-refractivity contribution is 0.0976. The SMILES string of the molecule is N#Cc1ccc2[nH]cc(CCCCN3CCCN(c4ccc5oc(C(N)=O)cc5c4)CC3)c2c1. The molecule has 1 aliphatic rings. The first-order valence-electron chi connectivity index (χ1n) is 11.9. The zero-order valence-electron chi connectivity index (χ0n) is 19.2. The summed E-state index contributed by atoms with van der Waals surface area (Å²) in [6.45, 7) is 5.23. The summed E-state index contributed by atoms with van der Waals surface area (Å²) >= 11 is 0. The predicted octanol–water partition coefficient (Wildman–Crippen LogP) is 4.42. The van der Waals surface area contributed by atoms with Gasteiger partial charge < -0.3 is 24.9 Å². The Morgan fingerprint density at radius 2 is 2.00 bits per heavy atom. The topological polar surface area (TPSA) is 102 Å². The third-order valence-electron chi connectivity index (χ3n) is 6.76. The van der Waals surface area contributed by atoms with Crippen molar-refractivity contribution in [3.63, 3.8) is 0 Å². The summed E-state index contributed by atoms with van der Waals surface area (Å²) in [7, 11) is 0. The number of anilines is 1. The van der Waals surface area contributed by atoms with Crippen molar-refractivity contribution in [2.24, 2.45) is 5.73 Å². The van der Waals surface area contributed by atoms with E-state index < -0.39 is 5.91 Å². The van der Waals surface area contributed by atoms with Gasteiger partial charge in [-0.3, -0.25) is 4.79 Å². The molecule has 3 N–H and O–H groups in total. The van der Waals surface area contributed by atoms with Crippen LogP contribution < -0.4 is 10.6 Å². The predicted molar refractivity (Wildman–Crippen MR) is 134 cm³/mol. The molecule has 3 heterocycles. The van der Waals surface area contributed by atoms with Gasteiger partial charge in [0.2, 0.25) is 0 Å². The Balaban J connectivity index is 1.13. The highest BCUT2D eigenvalue weighted by Crippen LogP contribution is 2.26. The van der Waals surface area contributed by atoms with Crippen molar-refractivity contribution in [1.29, 1.82) is 5.26 Å². The Labute approximate surface area is 198 Å². The second-order valence-corrected chi connectivity index (χ2v) is 9.02. The van der Waals surface area contributed by atoms with Gasteiger partial charge >= 0.3 is 0 Å². The highest BCUT2D eigenvalue weighted by Gasteiger charge is 2.17. The number of nitrogens with two attached hydrogens (primary N) is 1. The number of primary amides is 1. The summed E-state index contributed by atoms with van der Waals surface area (Å²) in [4.78, 5) is 19.7. The maximum absolute atomic E-state index is 11.4. The molecule has 7 nitrogen and oxygen atoms in total. The van der Waals surface area contributed by atoms with Gasteiger partial charge in [-0.05, 0) is 86.8 Å². The van der Waals surface area contributed by atoms with Gasteiger partial charge in [-0.1, -0.05) is 0 Å². The molecule has 7 heteroatoms. The van der Waals surface area contributed by atoms with E-state index in [1.807, 2.05) is 24.3 Å². The molecular formula is C27H29N5O2. The van der Waals surface area contributed by atoms with Crippen LogP contribution in [-0.4, -0.2) is 48.5 Å². The number of aromatic amines is 1. The number of hydrogen-bond acceptors (Lipinski definition) is 5. The molecule has 2 aromatic carbocycles. The maximum Gasteiger partial charge on any atom is 0.284 e. The van der Waals surface area contributed by atoms with E-state index in [1.165, 1.54) is 10.9 Å². The van der Waals surface area contributed by atoms with Crippen LogP contribution in [0, 0.1) is 11.3 Å². The Kier molecular flexibility index (Phi) is 6.24. The molecule has 34 heavy (non-hydrogen) atoms. The van der Waals surface area contributed by atoms with Crippen LogP contribution in [0.15, 0.2) is 53.1 Å². The fraction of sp³-hybridized carbons (Fsp3) is 0.333. The summed E-state index contributed by atoms with van der Waals surface area (Å²) in [5.41, 5.74) is 10.3. The number of carbonyl (C=O) groups excluding carboxylic acids is 1. The number of fused-ring (bicyclic) bond motifs is 2. The van der Waals surface area contributed by atoms with E-state index in [9.17, 15) is 10.1 Å². The fourth-order valence-corrected chi connectivity index (χ4v) is 4.91. The minimum Gasteiger partial charge on any atom is -0.451 e. The van der Waals surface area contributed by atoms with Crippen LogP contribution >= 0.6 is 0 Å². The summed E-state index contributed by atoms with van der Waals surface area (Å²) in [6, 6.07) is 15.9. The maximum atomic E-state index is 11.4. The van der Waals surface area contributed by atoms with Crippen molar-refractivity contribution in [2.45, 2.75) is 25.7 Å². The van der Waals surface area contributed by atoms with Crippen LogP contribution in [0.5, 0.6) is 0 Å². The lowest BCUT2D eigenvalue weighted by Crippen LogP contribution is -2.31. The van der Waals surface area contributed by atoms with Gasteiger partial charge in [-0.15, -0.1) is 0 Å². The fourth-order valence-electron chi connectivity index (χ4n) is 4.91. The van der Waals surface area contributed by atoms with Crippen molar-refractivity contribution in [3.8, 4) is 6.07 Å². The second kappa shape index (κ2) is 9.62. The molecule has 0 unspecified atom stereocenters. The van der Waals surface area contributed by atoms with Gasteiger partial charge in [-0.2, -0.15) is 5.26 Å². The quantitative estimate of drug-likeness (QED) is 0.402. The van der Waals surface area contributed by atoms with Gasteiger partial charge in [-0.25, -0.2) is 0 Å². The molecule has 0 bridgehead atoms. The average Bonchev–Trinajstić information content (AvgIpc) is 3.38. The van der Waals surface area contributed by atoms with Crippen molar-refractivity contribution in [3.05, 3.63) is 65.5 Å². The normalized spacial score (nSPS) is 15.0. The van der Waals surface area contributed by atoms with E-state index >= 15 is 0 Å². The Morgan fingerprint density at radius 1 is 1.09 bits per heavy atom. The van der Waals surface area contributed by atoms with Gasteiger partial charge in [0, 0.05) is 47.8 Å². The molecule has 2 aromatic heterocycles. The van der Waals surface area contributed by atoms with Gasteiger partial charge in [0.25, 0.3) is 5.91 Å². The molecular weight excluding hydrogens is 426 g/mol. The third kappa shape index (κ3) is 4.63. The highest BCUT2D eigenvalue weighted by atomic mass is 16.3. The molecule has 1 fully saturated rings. The number of nitrogens with zero attached hydrogens (tertiary/aromatic N) is 3. The molecule has 1 saturated heterocycles. The molecule has 0 atom stereocenters. The molecule has 1 amide bonds. The number of nitrogens with one attached hydrogen (secondary N) is 1. The number of aromatic nitrogens is 1. The average molecular weight is 456 g/mol. The summed E-state index contributed by atoms with van der Waals surface area (Å²) in [5.74, 6) is -0.341. The Morgan fingerprint density at radius 3 is 2.85 bits per heavy atom. The summed E-state index contributed by atoms with van der Waals surface area (Å²) in [6.07, 6.45) is 6.51. The zero-order chi connectivity index (χ0) is 23.5. The van der Waals surface area contributed by atoms with Crippen molar-refractivity contribution < 1.29 is 9.21 Å². The van der Waals surface area contributed by atoms with Crippen LogP contribution in [0.1, 0.15) is 40.9 Å². The van der Waals surface area contributed by atoms with E-state index in [1.54, 1.807) is 6.07 Å². The lowest BCUT2D eigenvalue weighted by Gasteiger charge is -2.23. The molecule has 0 spiro atoms. The largest absolute Gasteiger partial charge is 0.451 e. The van der Waals surface area contributed by atoms with E-state index in [0.717, 1.165) is 75.0 Å². The van der Waals surface area contributed by atoms with Crippen LogP contribution in [0.4, 0.5) is 5.69 Å². The van der Waals surface area contributed by atoms with Crippen LogP contribution in [0.3, 0.4) is 0 Å². The minimum absolute atomic E-state index is 0.201. The Bertz CT molecular complexity index is 1360. The van der Waals surface area contributed by atoms with Crippen molar-refractivity contribution >= 4 is 33.5 Å². The monoisotopic (exact) mass is 455 g/mol. The third-order valence-corrected chi connectivity index (χ3v) is 6.76. The molecule has 174 valence electrons. The Hall–Kier alpha value is -3.76. The zero-order valence-corrected chi connectivity index (χ0v) is 19.2. The van der Waals surface area contributed by atoms with Crippen molar-refractivity contribution in [2.75, 3.05) is 37.6 Å². The molecule has 4 aromatic rings. The number of amides is 1. The summed E-state index contributed by atoms with van der Waals surface area (Å²) < 4.78 is 5.51. The second-order valence-electron chi connectivity index (χ2n) is 9.02. The van der Waals surface area contributed by atoms with E-state index in [4.69, 9.17) is 10.2 Å². The number of unbranched alkanes of at least 4 members (excludes halogenated alkanes) is 1. The van der Waals surface area contributed by atoms with Crippen LogP contribution in [0.2, 0.25) is 0 Å². The number of furan rings is 1. The molecule has 0 saturated carbocycles. The van der Waals surface area contributed by atoms with Gasteiger partial charge in [0.15, 0.2) is 5.76 Å². The number of hydrogen-bond donors (Lipinski definition) is 2. The first kappa shape index (κ1) is 22.1. The van der Waals surface area contributed by atoms with Crippen LogP contribution in [-0.2, 0) is 6.42 Å². The number of rotatable bonds is 7. The number of nitriles is 1. The minimum atomic E-state index is -0.542. The highest BCUT2D eigenvalue weighted by molar-refractivity contribution is 5.95. The standard InChI is InChI=1S/C27H29N5O2/c28-17-19-5-7-24-23(14-19)20(18-30-24)4-1-2-9-31-10-3-11-32(13-12-31)22-6-8-25-21(15-22)16-26(34-25)27(29)33/h5-8,14-16,18,30H,1-4,9-13H2,(H2,29,33). The number of H-pyrrole nitrogens is 1. The molecule has 0 radical (unpaired) electrons. The lowest BCUT2D eigenvalue weighted by atomic mass is 10.1. The van der Waals surface area contributed by atoms with E-state index in [0.29, 0.717) is 11.1 Å². The first-order valence-corrected chi connectivity index (χ1v) is 11.9. The number of carbonyl (C=O) groups is 1. The van der Waals surface area contributed by atoms with Crippen molar-refractivity contribution in [1.82, 2.24) is 9.88 Å². The van der Waals surface area contributed by atoms with Gasteiger partial charge in [0.05, 0.1) is 11.6 Å². The van der Waals surface area contributed by atoms with Gasteiger partial charge in [0.1, 0.15) is 5.58 Å². The number of aryl methyl sites for hydroxylation is 1. The molecule has 0 aliphatic carbocycles. The smallest absolute Gasteiger partial charge is 0.284 e. The van der Waals surface area contributed by atoms with E-state index in [2.05, 4.69) is 39.2 Å².